The fourth-order valence-corrected chi connectivity index (χ4v) is 3.21. The highest BCUT2D eigenvalue weighted by atomic mass is 16.5. The molecule has 0 radical (unpaired) electrons. The third kappa shape index (κ3) is 3.79. The molecule has 7 heteroatoms. The molecule has 3 rings (SSSR count). The fourth-order valence-electron chi connectivity index (χ4n) is 3.21. The number of nitrogens with zero attached hydrogens (tertiary/aromatic N) is 3. The van der Waals surface area contributed by atoms with E-state index in [1.807, 2.05) is 4.90 Å². The van der Waals surface area contributed by atoms with Gasteiger partial charge in [0.25, 0.3) is 5.91 Å². The standard InChI is InChI=1S/C16H24N4O3/c21-9-6-17-15-12-4-7-20(8-5-13(12)18-11-19-15)16(22)14-3-1-2-10-23-14/h11,14,21H,1-10H2,(H,17,18,19)/t14-/m0/s1. The highest BCUT2D eigenvalue weighted by molar-refractivity contribution is 5.81. The second kappa shape index (κ2) is 7.70. The van der Waals surface area contributed by atoms with Crippen molar-refractivity contribution in [3.05, 3.63) is 17.6 Å². The summed E-state index contributed by atoms with van der Waals surface area (Å²) < 4.78 is 5.63. The zero-order chi connectivity index (χ0) is 16.1. The number of aliphatic hydroxyl groups excluding tert-OH is 1. The Morgan fingerprint density at radius 1 is 1.35 bits per heavy atom. The quantitative estimate of drug-likeness (QED) is 0.834. The van der Waals surface area contributed by atoms with Crippen LogP contribution in [-0.2, 0) is 22.4 Å². The number of amides is 1. The van der Waals surface area contributed by atoms with Crippen molar-refractivity contribution < 1.29 is 14.6 Å². The molecular formula is C16H24N4O3. The van der Waals surface area contributed by atoms with E-state index in [0.717, 1.165) is 49.2 Å². The normalized spacial score (nSPS) is 21.4. The van der Waals surface area contributed by atoms with Crippen LogP contribution in [0.3, 0.4) is 0 Å². The summed E-state index contributed by atoms with van der Waals surface area (Å²) >= 11 is 0. The Labute approximate surface area is 136 Å². The predicted molar refractivity (Wildman–Crippen MR) is 85.2 cm³/mol. The molecule has 1 saturated heterocycles. The predicted octanol–water partition coefficient (Wildman–Crippen LogP) is 0.377. The van der Waals surface area contributed by atoms with E-state index in [2.05, 4.69) is 15.3 Å². The lowest BCUT2D eigenvalue weighted by molar-refractivity contribution is -0.146. The minimum Gasteiger partial charge on any atom is -0.395 e. The summed E-state index contributed by atoms with van der Waals surface area (Å²) in [5.41, 5.74) is 2.04. The van der Waals surface area contributed by atoms with Crippen LogP contribution in [0.4, 0.5) is 5.82 Å². The minimum atomic E-state index is -0.275. The summed E-state index contributed by atoms with van der Waals surface area (Å²) in [7, 11) is 0. The van der Waals surface area contributed by atoms with Crippen LogP contribution in [0.25, 0.3) is 0 Å². The van der Waals surface area contributed by atoms with Crippen LogP contribution in [0, 0.1) is 0 Å². The molecule has 2 N–H and O–H groups in total. The van der Waals surface area contributed by atoms with Crippen LogP contribution < -0.4 is 5.32 Å². The van der Waals surface area contributed by atoms with Gasteiger partial charge in [-0.25, -0.2) is 9.97 Å². The number of carbonyl (C=O) groups is 1. The number of rotatable bonds is 4. The van der Waals surface area contributed by atoms with E-state index in [9.17, 15) is 4.79 Å². The first kappa shape index (κ1) is 16.1. The molecule has 0 saturated carbocycles. The molecule has 1 atom stereocenters. The summed E-state index contributed by atoms with van der Waals surface area (Å²) in [4.78, 5) is 23.2. The highest BCUT2D eigenvalue weighted by Gasteiger charge is 2.28. The number of carbonyl (C=O) groups excluding carboxylic acids is 1. The summed E-state index contributed by atoms with van der Waals surface area (Å²) in [6, 6.07) is 0. The molecule has 23 heavy (non-hydrogen) atoms. The monoisotopic (exact) mass is 320 g/mol. The van der Waals surface area contributed by atoms with Crippen molar-refractivity contribution >= 4 is 11.7 Å². The van der Waals surface area contributed by atoms with Crippen molar-refractivity contribution in [2.24, 2.45) is 0 Å². The van der Waals surface area contributed by atoms with Gasteiger partial charge in [-0.2, -0.15) is 0 Å². The van der Waals surface area contributed by atoms with E-state index in [4.69, 9.17) is 9.84 Å². The van der Waals surface area contributed by atoms with Crippen LogP contribution in [0.15, 0.2) is 6.33 Å². The molecule has 1 aromatic heterocycles. The molecule has 126 valence electrons. The van der Waals surface area contributed by atoms with E-state index in [0.29, 0.717) is 26.2 Å². The molecule has 1 aromatic rings. The Kier molecular flexibility index (Phi) is 5.40. The average molecular weight is 320 g/mol. The summed E-state index contributed by atoms with van der Waals surface area (Å²) in [5.74, 6) is 0.877. The Morgan fingerprint density at radius 2 is 2.22 bits per heavy atom. The Bertz CT molecular complexity index is 546. The van der Waals surface area contributed by atoms with Gasteiger partial charge in [0.2, 0.25) is 0 Å². The lowest BCUT2D eigenvalue weighted by Gasteiger charge is -2.28. The van der Waals surface area contributed by atoms with Gasteiger partial charge >= 0.3 is 0 Å². The van der Waals surface area contributed by atoms with Crippen LogP contribution >= 0.6 is 0 Å². The SMILES string of the molecule is O=C([C@@H]1CCCCO1)N1CCc2ncnc(NCCO)c2CC1. The maximum atomic E-state index is 12.6. The zero-order valence-electron chi connectivity index (χ0n) is 13.3. The third-order valence-corrected chi connectivity index (χ3v) is 4.46. The van der Waals surface area contributed by atoms with Crippen molar-refractivity contribution in [2.45, 2.75) is 38.2 Å². The third-order valence-electron chi connectivity index (χ3n) is 4.46. The van der Waals surface area contributed by atoms with Crippen LogP contribution in [-0.4, -0.2) is 64.8 Å². The minimum absolute atomic E-state index is 0.0579. The topological polar surface area (TPSA) is 87.6 Å². The molecule has 0 aliphatic carbocycles. The number of aromatic nitrogens is 2. The lowest BCUT2D eigenvalue weighted by atomic mass is 10.1. The van der Waals surface area contributed by atoms with Gasteiger partial charge in [0.15, 0.2) is 0 Å². The maximum Gasteiger partial charge on any atom is 0.251 e. The van der Waals surface area contributed by atoms with E-state index < -0.39 is 0 Å². The molecular weight excluding hydrogens is 296 g/mol. The molecule has 1 amide bonds. The van der Waals surface area contributed by atoms with Gasteiger partial charge in [0.1, 0.15) is 18.2 Å². The molecule has 7 nitrogen and oxygen atoms in total. The first-order valence-electron chi connectivity index (χ1n) is 8.37. The number of ether oxygens (including phenoxy) is 1. The van der Waals surface area contributed by atoms with Gasteiger partial charge in [0.05, 0.1) is 12.3 Å². The van der Waals surface area contributed by atoms with Crippen molar-refractivity contribution in [1.29, 1.82) is 0 Å². The summed E-state index contributed by atoms with van der Waals surface area (Å²) in [6.07, 6.45) is 5.65. The van der Waals surface area contributed by atoms with Crippen LogP contribution in [0.5, 0.6) is 0 Å². The second-order valence-corrected chi connectivity index (χ2v) is 5.98. The first-order valence-corrected chi connectivity index (χ1v) is 8.37. The fraction of sp³-hybridized carbons (Fsp3) is 0.688. The lowest BCUT2D eigenvalue weighted by Crippen LogP contribution is -2.43. The van der Waals surface area contributed by atoms with E-state index in [1.54, 1.807) is 6.33 Å². The molecule has 0 spiro atoms. The maximum absolute atomic E-state index is 12.6. The van der Waals surface area contributed by atoms with Crippen molar-refractivity contribution in [3.8, 4) is 0 Å². The van der Waals surface area contributed by atoms with Crippen LogP contribution in [0.2, 0.25) is 0 Å². The molecule has 3 heterocycles. The number of fused-ring (bicyclic) bond motifs is 1. The summed E-state index contributed by atoms with van der Waals surface area (Å²) in [6.45, 7) is 2.53. The van der Waals surface area contributed by atoms with Crippen LogP contribution in [0.1, 0.15) is 30.5 Å². The van der Waals surface area contributed by atoms with Gasteiger partial charge in [0, 0.05) is 38.2 Å². The zero-order valence-corrected chi connectivity index (χ0v) is 13.3. The number of anilines is 1. The molecule has 0 aromatic carbocycles. The van der Waals surface area contributed by atoms with Gasteiger partial charge < -0.3 is 20.1 Å². The van der Waals surface area contributed by atoms with Gasteiger partial charge in [-0.05, 0) is 25.7 Å². The molecule has 2 aliphatic heterocycles. The Hall–Kier alpha value is -1.73. The number of hydrogen-bond donors (Lipinski definition) is 2. The first-order chi connectivity index (χ1) is 11.3. The Balaban J connectivity index is 1.68. The van der Waals surface area contributed by atoms with Crippen molar-refractivity contribution in [1.82, 2.24) is 14.9 Å². The van der Waals surface area contributed by atoms with Crippen molar-refractivity contribution in [2.75, 3.05) is 38.2 Å². The molecule has 0 unspecified atom stereocenters. The largest absolute Gasteiger partial charge is 0.395 e. The van der Waals surface area contributed by atoms with E-state index in [-0.39, 0.29) is 18.6 Å². The molecule has 2 aliphatic rings. The average Bonchev–Trinajstić information content (AvgIpc) is 2.83. The van der Waals surface area contributed by atoms with Gasteiger partial charge in [-0.15, -0.1) is 0 Å². The number of nitrogens with one attached hydrogen (secondary N) is 1. The van der Waals surface area contributed by atoms with E-state index in [1.165, 1.54) is 0 Å². The number of hydrogen-bond acceptors (Lipinski definition) is 6. The van der Waals surface area contributed by atoms with Crippen molar-refractivity contribution in [3.63, 3.8) is 0 Å². The molecule has 1 fully saturated rings. The van der Waals surface area contributed by atoms with Gasteiger partial charge in [-0.3, -0.25) is 4.79 Å². The second-order valence-electron chi connectivity index (χ2n) is 5.98. The number of aliphatic hydroxyl groups is 1. The Morgan fingerprint density at radius 3 is 3.00 bits per heavy atom. The molecule has 0 bridgehead atoms. The highest BCUT2D eigenvalue weighted by Crippen LogP contribution is 2.22. The smallest absolute Gasteiger partial charge is 0.251 e. The van der Waals surface area contributed by atoms with Gasteiger partial charge in [-0.1, -0.05) is 0 Å². The van der Waals surface area contributed by atoms with E-state index >= 15 is 0 Å². The summed E-state index contributed by atoms with van der Waals surface area (Å²) in [5, 5.41) is 12.1.